The summed E-state index contributed by atoms with van der Waals surface area (Å²) in [5.41, 5.74) is -0.587. The number of ether oxygens (including phenoxy) is 2. The van der Waals surface area contributed by atoms with Crippen LogP contribution in [0.1, 0.15) is 138 Å². The van der Waals surface area contributed by atoms with Crippen molar-refractivity contribution in [2.75, 3.05) is 0 Å². The van der Waals surface area contributed by atoms with E-state index in [1.807, 2.05) is 34.6 Å². The Morgan fingerprint density at radius 3 is 1.64 bits per heavy atom. The topological polar surface area (TPSA) is 47.6 Å². The highest BCUT2D eigenvalue weighted by Crippen LogP contribution is 2.31. The Bertz CT molecular complexity index is 563. The van der Waals surface area contributed by atoms with Crippen LogP contribution in [-0.4, -0.2) is 26.0 Å². The Hall–Kier alpha value is -0.400. The minimum absolute atomic E-state index is 0.514. The number of thioether (sulfide) groups is 1. The van der Waals surface area contributed by atoms with Crippen LogP contribution in [0.4, 0.5) is 4.79 Å². The Balaban J connectivity index is 4.17. The molecule has 0 aromatic carbocycles. The summed E-state index contributed by atoms with van der Waals surface area (Å²) >= 11 is 12.1. The minimum atomic E-state index is -1.03. The van der Waals surface area contributed by atoms with Gasteiger partial charge < -0.3 is 9.47 Å². The molecule has 0 aromatic rings. The van der Waals surface area contributed by atoms with Gasteiger partial charge in [0.25, 0.3) is 0 Å². The van der Waals surface area contributed by atoms with Crippen LogP contribution >= 0.6 is 36.2 Å². The number of thiocarbonyl (C=S) groups is 2. The van der Waals surface area contributed by atoms with E-state index in [0.29, 0.717) is 22.1 Å². The SMILES string of the molecule is CCCCCCCCCCCCCCCC(=S)OC(CC)(NC(=O)OC(C)(C)C)SC(C)=S. The number of hydrogen-bond acceptors (Lipinski definition) is 6. The molecule has 1 unspecified atom stereocenters. The number of unbranched alkanes of at least 4 members (excludes halogenated alkanes) is 12. The molecule has 0 bridgehead atoms. The molecule has 0 aliphatic heterocycles. The molecule has 0 fully saturated rings. The van der Waals surface area contributed by atoms with Gasteiger partial charge >= 0.3 is 6.09 Å². The van der Waals surface area contributed by atoms with Gasteiger partial charge in [0.1, 0.15) is 5.60 Å². The Morgan fingerprint density at radius 2 is 1.24 bits per heavy atom. The molecule has 0 saturated carbocycles. The van der Waals surface area contributed by atoms with Crippen LogP contribution in [0.25, 0.3) is 0 Å². The van der Waals surface area contributed by atoms with Crippen LogP contribution in [0.2, 0.25) is 0 Å². The highest BCUT2D eigenvalue weighted by Gasteiger charge is 2.36. The van der Waals surface area contributed by atoms with E-state index in [4.69, 9.17) is 33.9 Å². The lowest BCUT2D eigenvalue weighted by Crippen LogP contribution is -2.50. The first kappa shape index (κ1) is 32.6. The summed E-state index contributed by atoms with van der Waals surface area (Å²) in [4.78, 5) is 12.4. The van der Waals surface area contributed by atoms with Gasteiger partial charge in [0.2, 0.25) is 5.06 Å². The van der Waals surface area contributed by atoms with Crippen LogP contribution in [-0.2, 0) is 9.47 Å². The highest BCUT2D eigenvalue weighted by atomic mass is 32.2. The van der Waals surface area contributed by atoms with Crippen molar-refractivity contribution >= 4 is 51.5 Å². The summed E-state index contributed by atoms with van der Waals surface area (Å²) in [6.07, 6.45) is 17.8. The molecule has 0 spiro atoms. The molecular formula is C26H49NO3S3. The third kappa shape index (κ3) is 19.6. The normalized spacial score (nSPS) is 13.3. The third-order valence-corrected chi connectivity index (χ3v) is 6.86. The fraction of sp³-hybridized carbons (Fsp3) is 0.885. The second-order valence-corrected chi connectivity index (χ2v) is 12.6. The van der Waals surface area contributed by atoms with Crippen LogP contribution < -0.4 is 5.32 Å². The predicted octanol–water partition coefficient (Wildman–Crippen LogP) is 9.48. The fourth-order valence-corrected chi connectivity index (χ4v) is 5.15. The van der Waals surface area contributed by atoms with Crippen molar-refractivity contribution in [3.63, 3.8) is 0 Å². The molecule has 0 aliphatic carbocycles. The van der Waals surface area contributed by atoms with E-state index in [2.05, 4.69) is 12.2 Å². The number of rotatable bonds is 18. The zero-order valence-electron chi connectivity index (χ0n) is 22.1. The molecular weight excluding hydrogens is 470 g/mol. The third-order valence-electron chi connectivity index (χ3n) is 5.23. The number of amides is 1. The van der Waals surface area contributed by atoms with Gasteiger partial charge in [-0.3, -0.25) is 5.32 Å². The van der Waals surface area contributed by atoms with E-state index in [9.17, 15) is 4.79 Å². The lowest BCUT2D eigenvalue weighted by Gasteiger charge is -2.34. The summed E-state index contributed by atoms with van der Waals surface area (Å²) in [5, 5.41) is 2.34. The zero-order chi connectivity index (χ0) is 25.2. The molecule has 1 amide bonds. The molecule has 194 valence electrons. The highest BCUT2D eigenvalue weighted by molar-refractivity contribution is 8.23. The molecule has 7 heteroatoms. The molecule has 0 saturated heterocycles. The summed E-state index contributed by atoms with van der Waals surface area (Å²) < 4.78 is 12.2. The van der Waals surface area contributed by atoms with Crippen molar-refractivity contribution in [3.8, 4) is 0 Å². The van der Waals surface area contributed by atoms with Crippen LogP contribution in [0, 0.1) is 0 Å². The van der Waals surface area contributed by atoms with E-state index in [-0.39, 0.29) is 0 Å². The minimum Gasteiger partial charge on any atom is -0.452 e. The Labute approximate surface area is 219 Å². The second kappa shape index (κ2) is 18.9. The Morgan fingerprint density at radius 1 is 0.788 bits per heavy atom. The molecule has 0 rings (SSSR count). The molecule has 0 aliphatic rings. The van der Waals surface area contributed by atoms with E-state index >= 15 is 0 Å². The number of carbonyl (C=O) groups excluding carboxylic acids is 1. The van der Waals surface area contributed by atoms with Crippen molar-refractivity contribution in [2.24, 2.45) is 0 Å². The lowest BCUT2D eigenvalue weighted by atomic mass is 10.0. The van der Waals surface area contributed by atoms with Crippen LogP contribution in [0.3, 0.4) is 0 Å². The molecule has 0 radical (unpaired) electrons. The van der Waals surface area contributed by atoms with Gasteiger partial charge in [-0.25, -0.2) is 4.79 Å². The zero-order valence-corrected chi connectivity index (χ0v) is 24.5. The average Bonchev–Trinajstić information content (AvgIpc) is 2.69. The van der Waals surface area contributed by atoms with Gasteiger partial charge in [0.05, 0.1) is 4.20 Å². The first-order valence-electron chi connectivity index (χ1n) is 13.0. The van der Waals surface area contributed by atoms with Crippen molar-refractivity contribution in [2.45, 2.75) is 149 Å². The maximum absolute atomic E-state index is 12.4. The summed E-state index contributed by atoms with van der Waals surface area (Å²) in [6.45, 7) is 11.5. The number of hydrogen-bond donors (Lipinski definition) is 1. The van der Waals surface area contributed by atoms with E-state index in [1.54, 1.807) is 0 Å². The number of nitrogens with one attached hydrogen (secondary N) is 1. The molecule has 4 nitrogen and oxygen atoms in total. The second-order valence-electron chi connectivity index (χ2n) is 9.79. The van der Waals surface area contributed by atoms with Crippen LogP contribution in [0.5, 0.6) is 0 Å². The number of carbonyl (C=O) groups is 1. The molecule has 0 heterocycles. The van der Waals surface area contributed by atoms with Gasteiger partial charge in [0, 0.05) is 12.8 Å². The van der Waals surface area contributed by atoms with E-state index in [1.165, 1.54) is 82.4 Å². The van der Waals surface area contributed by atoms with E-state index < -0.39 is 16.8 Å². The van der Waals surface area contributed by atoms with Gasteiger partial charge in [-0.2, -0.15) is 0 Å². The maximum Gasteiger partial charge on any atom is 0.411 e. The quantitative estimate of drug-likeness (QED) is 0.110. The van der Waals surface area contributed by atoms with Gasteiger partial charge in [-0.05, 0) is 58.1 Å². The molecule has 0 aromatic heterocycles. The predicted molar refractivity (Wildman–Crippen MR) is 152 cm³/mol. The first-order chi connectivity index (χ1) is 15.5. The monoisotopic (exact) mass is 519 g/mol. The van der Waals surface area contributed by atoms with Crippen LogP contribution in [0.15, 0.2) is 0 Å². The fourth-order valence-electron chi connectivity index (χ4n) is 3.52. The molecule has 1 N–H and O–H groups in total. The summed E-state index contributed by atoms with van der Waals surface area (Å²) in [7, 11) is 0. The molecule has 33 heavy (non-hydrogen) atoms. The maximum atomic E-state index is 12.4. The largest absolute Gasteiger partial charge is 0.452 e. The Kier molecular flexibility index (Phi) is 18.6. The molecule has 1 atom stereocenters. The van der Waals surface area contributed by atoms with Crippen molar-refractivity contribution in [1.82, 2.24) is 5.32 Å². The standard InChI is InChI=1S/C26H49NO3S3/c1-7-9-10-11-12-13-14-15-16-17-18-19-20-21-23(32)29-26(8-2,33-22(3)31)27-24(28)30-25(4,5)6/h7-21H2,1-6H3,(H,27,28). The van der Waals surface area contributed by atoms with Gasteiger partial charge in [-0.1, -0.05) is 103 Å². The first-order valence-corrected chi connectivity index (χ1v) is 14.6. The lowest BCUT2D eigenvalue weighted by molar-refractivity contribution is 0.0307. The summed E-state index contributed by atoms with van der Waals surface area (Å²) in [6, 6.07) is 0. The van der Waals surface area contributed by atoms with Gasteiger partial charge in [0.15, 0.2) is 5.05 Å². The van der Waals surface area contributed by atoms with Crippen molar-refractivity contribution in [1.29, 1.82) is 0 Å². The number of alkyl carbamates (subject to hydrolysis) is 1. The smallest absolute Gasteiger partial charge is 0.411 e. The van der Waals surface area contributed by atoms with Gasteiger partial charge in [-0.15, -0.1) is 0 Å². The average molecular weight is 520 g/mol. The van der Waals surface area contributed by atoms with E-state index in [0.717, 1.165) is 12.8 Å². The van der Waals surface area contributed by atoms with Crippen molar-refractivity contribution < 1.29 is 14.3 Å². The van der Waals surface area contributed by atoms with Crippen molar-refractivity contribution in [3.05, 3.63) is 0 Å². The summed E-state index contributed by atoms with van der Waals surface area (Å²) in [5.74, 6) is 0.